The number of esters is 1. The molecular weight excluding hydrogens is 342 g/mol. The summed E-state index contributed by atoms with van der Waals surface area (Å²) >= 11 is 0. The van der Waals surface area contributed by atoms with Crippen LogP contribution >= 0.6 is 0 Å². The van der Waals surface area contributed by atoms with Crippen LogP contribution in [0.25, 0.3) is 10.8 Å². The van der Waals surface area contributed by atoms with Gasteiger partial charge in [0.05, 0.1) is 12.6 Å². The van der Waals surface area contributed by atoms with Crippen LogP contribution in [0.15, 0.2) is 59.7 Å². The van der Waals surface area contributed by atoms with Gasteiger partial charge in [0, 0.05) is 11.6 Å². The van der Waals surface area contributed by atoms with Gasteiger partial charge >= 0.3 is 5.97 Å². The molecule has 2 aromatic heterocycles. The third-order valence-corrected chi connectivity index (χ3v) is 3.87. The molecule has 0 bridgehead atoms. The number of carbonyl (C=O) groups excluding carboxylic acids is 2. The molecule has 0 unspecified atom stereocenters. The lowest BCUT2D eigenvalue weighted by Crippen LogP contribution is -2.36. The van der Waals surface area contributed by atoms with E-state index in [1.807, 2.05) is 45.0 Å². The van der Waals surface area contributed by atoms with Crippen molar-refractivity contribution in [1.29, 1.82) is 0 Å². The number of benzene rings is 1. The van der Waals surface area contributed by atoms with E-state index in [2.05, 4.69) is 4.98 Å². The van der Waals surface area contributed by atoms with Crippen molar-refractivity contribution in [2.24, 2.45) is 4.99 Å². The van der Waals surface area contributed by atoms with Gasteiger partial charge in [-0.2, -0.15) is 0 Å². The number of nitrogens with zero attached hydrogens (tertiary/aromatic N) is 3. The molecule has 6 nitrogen and oxygen atoms in total. The first-order valence-electron chi connectivity index (χ1n) is 8.56. The summed E-state index contributed by atoms with van der Waals surface area (Å²) in [5.74, 6) is -1.06. The molecule has 0 fully saturated rings. The normalized spacial score (nSPS) is 12.2. The van der Waals surface area contributed by atoms with Crippen LogP contribution in [0.4, 0.5) is 0 Å². The summed E-state index contributed by atoms with van der Waals surface area (Å²) in [4.78, 5) is 34.6. The minimum atomic E-state index is -0.615. The number of carbonyl (C=O) groups is 2. The Morgan fingerprint density at radius 3 is 2.41 bits per heavy atom. The molecule has 0 atom stereocenters. The Hall–Kier alpha value is -3.28. The van der Waals surface area contributed by atoms with E-state index in [9.17, 15) is 9.59 Å². The van der Waals surface area contributed by atoms with Gasteiger partial charge in [0.25, 0.3) is 5.91 Å². The molecule has 0 spiro atoms. The second-order valence-electron chi connectivity index (χ2n) is 7.07. The van der Waals surface area contributed by atoms with Crippen LogP contribution in [0.5, 0.6) is 0 Å². The zero-order chi connectivity index (χ0) is 19.6. The van der Waals surface area contributed by atoms with Gasteiger partial charge in [0.15, 0.2) is 0 Å². The van der Waals surface area contributed by atoms with E-state index in [1.165, 1.54) is 17.9 Å². The number of rotatable bonds is 2. The van der Waals surface area contributed by atoms with Gasteiger partial charge in [-0.05, 0) is 44.4 Å². The SMILES string of the molecule is COC(=O)c1cc2ccccc2c(=NC(C)(C)C)n1C(=O)c1ccccn1. The van der Waals surface area contributed by atoms with E-state index in [0.29, 0.717) is 5.49 Å². The highest BCUT2D eigenvalue weighted by molar-refractivity contribution is 6.02. The second kappa shape index (κ2) is 7.15. The van der Waals surface area contributed by atoms with Crippen molar-refractivity contribution in [2.75, 3.05) is 7.11 Å². The monoisotopic (exact) mass is 363 g/mol. The van der Waals surface area contributed by atoms with Crippen LogP contribution in [0, 0.1) is 0 Å². The van der Waals surface area contributed by atoms with Crippen molar-refractivity contribution in [3.05, 3.63) is 71.6 Å². The van der Waals surface area contributed by atoms with Crippen molar-refractivity contribution in [3.8, 4) is 0 Å². The van der Waals surface area contributed by atoms with Gasteiger partial charge in [-0.1, -0.05) is 30.3 Å². The molecule has 2 heterocycles. The first-order valence-corrected chi connectivity index (χ1v) is 8.56. The number of hydrogen-bond acceptors (Lipinski definition) is 5. The van der Waals surface area contributed by atoms with E-state index >= 15 is 0 Å². The lowest BCUT2D eigenvalue weighted by molar-refractivity contribution is 0.0581. The average molecular weight is 363 g/mol. The van der Waals surface area contributed by atoms with Gasteiger partial charge in [-0.25, -0.2) is 4.79 Å². The lowest BCUT2D eigenvalue weighted by atomic mass is 10.1. The topological polar surface area (TPSA) is 73.5 Å². The van der Waals surface area contributed by atoms with Gasteiger partial charge in [0.2, 0.25) is 0 Å². The summed E-state index contributed by atoms with van der Waals surface area (Å²) in [6.07, 6.45) is 1.53. The number of pyridine rings is 2. The van der Waals surface area contributed by atoms with Crippen LogP contribution in [-0.4, -0.2) is 34.1 Å². The van der Waals surface area contributed by atoms with Crippen molar-refractivity contribution < 1.29 is 14.3 Å². The zero-order valence-corrected chi connectivity index (χ0v) is 15.8. The van der Waals surface area contributed by atoms with Gasteiger partial charge < -0.3 is 4.74 Å². The number of aromatic nitrogens is 2. The summed E-state index contributed by atoms with van der Waals surface area (Å²) < 4.78 is 6.22. The molecule has 0 saturated heterocycles. The highest BCUT2D eigenvalue weighted by Gasteiger charge is 2.22. The molecule has 0 radical (unpaired) electrons. The maximum atomic E-state index is 13.3. The number of hydrogen-bond donors (Lipinski definition) is 0. The Morgan fingerprint density at radius 2 is 1.78 bits per heavy atom. The first kappa shape index (κ1) is 18.5. The average Bonchev–Trinajstić information content (AvgIpc) is 2.66. The van der Waals surface area contributed by atoms with E-state index in [0.717, 1.165) is 10.8 Å². The molecule has 0 aliphatic heterocycles. The molecule has 3 aromatic rings. The van der Waals surface area contributed by atoms with Crippen molar-refractivity contribution in [2.45, 2.75) is 26.3 Å². The zero-order valence-electron chi connectivity index (χ0n) is 15.8. The predicted molar refractivity (Wildman–Crippen MR) is 103 cm³/mol. The Morgan fingerprint density at radius 1 is 1.07 bits per heavy atom. The van der Waals surface area contributed by atoms with E-state index in [1.54, 1.807) is 24.3 Å². The molecule has 0 aliphatic carbocycles. The number of methoxy groups -OCH3 is 1. The fraction of sp³-hybridized carbons (Fsp3) is 0.238. The van der Waals surface area contributed by atoms with Crippen molar-refractivity contribution in [1.82, 2.24) is 9.55 Å². The summed E-state index contributed by atoms with van der Waals surface area (Å²) in [6, 6.07) is 14.2. The number of fused-ring (bicyclic) bond motifs is 1. The van der Waals surface area contributed by atoms with Gasteiger partial charge in [0.1, 0.15) is 16.9 Å². The van der Waals surface area contributed by atoms with Crippen LogP contribution < -0.4 is 5.49 Å². The maximum absolute atomic E-state index is 13.3. The molecule has 0 amide bonds. The Labute approximate surface area is 157 Å². The van der Waals surface area contributed by atoms with Gasteiger partial charge in [-0.3, -0.25) is 19.3 Å². The quantitative estimate of drug-likeness (QED) is 0.655. The summed E-state index contributed by atoms with van der Waals surface area (Å²) in [7, 11) is 1.29. The maximum Gasteiger partial charge on any atom is 0.355 e. The Balaban J connectivity index is 2.48. The highest BCUT2D eigenvalue weighted by Crippen LogP contribution is 2.16. The predicted octanol–water partition coefficient (Wildman–Crippen LogP) is 3.21. The molecule has 0 aliphatic rings. The molecule has 0 N–H and O–H groups in total. The largest absolute Gasteiger partial charge is 0.464 e. The van der Waals surface area contributed by atoms with E-state index in [4.69, 9.17) is 9.73 Å². The smallest absolute Gasteiger partial charge is 0.355 e. The first-order chi connectivity index (χ1) is 12.8. The fourth-order valence-corrected chi connectivity index (χ4v) is 2.77. The number of ether oxygens (including phenoxy) is 1. The molecule has 1 aromatic carbocycles. The molecular formula is C21H21N3O3. The van der Waals surface area contributed by atoms with Crippen molar-refractivity contribution >= 4 is 22.6 Å². The molecule has 3 rings (SSSR count). The summed E-state index contributed by atoms with van der Waals surface area (Å²) in [6.45, 7) is 5.80. The summed E-state index contributed by atoms with van der Waals surface area (Å²) in [5.41, 5.74) is 0.253. The van der Waals surface area contributed by atoms with Crippen LogP contribution in [0.3, 0.4) is 0 Å². The molecule has 6 heteroatoms. The highest BCUT2D eigenvalue weighted by atomic mass is 16.5. The molecule has 138 valence electrons. The van der Waals surface area contributed by atoms with Gasteiger partial charge in [-0.15, -0.1) is 0 Å². The molecule has 27 heavy (non-hydrogen) atoms. The third kappa shape index (κ3) is 3.79. The second-order valence-corrected chi connectivity index (χ2v) is 7.07. The summed E-state index contributed by atoms with van der Waals surface area (Å²) in [5, 5.41) is 1.57. The minimum absolute atomic E-state index is 0.106. The van der Waals surface area contributed by atoms with Crippen LogP contribution in [0.1, 0.15) is 41.7 Å². The van der Waals surface area contributed by atoms with Crippen LogP contribution in [-0.2, 0) is 4.74 Å². The fourth-order valence-electron chi connectivity index (χ4n) is 2.77. The Bertz CT molecular complexity index is 1080. The van der Waals surface area contributed by atoms with E-state index < -0.39 is 17.4 Å². The minimum Gasteiger partial charge on any atom is -0.464 e. The standard InChI is InChI=1S/C21H21N3O3/c1-21(2,3)23-18-15-10-6-5-9-14(15)13-17(20(26)27-4)24(18)19(25)16-11-7-8-12-22-16/h5-13H,1-4H3. The Kier molecular flexibility index (Phi) is 4.90. The third-order valence-electron chi connectivity index (χ3n) is 3.87. The van der Waals surface area contributed by atoms with Crippen LogP contribution in [0.2, 0.25) is 0 Å². The van der Waals surface area contributed by atoms with E-state index in [-0.39, 0.29) is 11.4 Å². The molecule has 0 saturated carbocycles. The van der Waals surface area contributed by atoms with Crippen molar-refractivity contribution in [3.63, 3.8) is 0 Å². The lowest BCUT2D eigenvalue weighted by Gasteiger charge is -2.17.